The summed E-state index contributed by atoms with van der Waals surface area (Å²) in [4.78, 5) is 23.3. The molecule has 0 bridgehead atoms. The summed E-state index contributed by atoms with van der Waals surface area (Å²) in [7, 11) is 0.627. The van der Waals surface area contributed by atoms with Crippen molar-refractivity contribution in [2.24, 2.45) is 0 Å². The summed E-state index contributed by atoms with van der Waals surface area (Å²) < 4.78 is 16.8. The van der Waals surface area contributed by atoms with E-state index in [1.54, 1.807) is 18.2 Å². The van der Waals surface area contributed by atoms with Gasteiger partial charge in [0, 0.05) is 12.6 Å². The van der Waals surface area contributed by atoms with Crippen LogP contribution in [0.4, 0.5) is 5.69 Å². The van der Waals surface area contributed by atoms with Crippen LogP contribution in [-0.4, -0.2) is 37.3 Å². The summed E-state index contributed by atoms with van der Waals surface area (Å²) in [5.41, 5.74) is 0.364. The Labute approximate surface area is 136 Å². The molecule has 2 rings (SSSR count). The van der Waals surface area contributed by atoms with E-state index in [4.69, 9.17) is 14.0 Å². The monoisotopic (exact) mass is 319 g/mol. The third-order valence-corrected chi connectivity index (χ3v) is 4.29. The van der Waals surface area contributed by atoms with E-state index in [-0.39, 0.29) is 5.91 Å². The second-order valence-electron chi connectivity index (χ2n) is 6.56. The average molecular weight is 319 g/mol. The lowest BCUT2D eigenvalue weighted by molar-refractivity contribution is -0.114. The first-order chi connectivity index (χ1) is 10.6. The van der Waals surface area contributed by atoms with Gasteiger partial charge in [-0.3, -0.25) is 4.79 Å². The van der Waals surface area contributed by atoms with E-state index in [2.05, 4.69) is 5.32 Å². The number of ether oxygens (including phenoxy) is 1. The zero-order valence-electron chi connectivity index (χ0n) is 14.4. The molecule has 0 radical (unpaired) electrons. The predicted octanol–water partition coefficient (Wildman–Crippen LogP) is 1.73. The van der Waals surface area contributed by atoms with Crippen LogP contribution in [0.15, 0.2) is 18.2 Å². The smallest absolute Gasteiger partial charge is 0.465 e. The topological polar surface area (TPSA) is 73.9 Å². The van der Waals surface area contributed by atoms with Crippen molar-refractivity contribution in [1.29, 1.82) is 0 Å². The number of nitrogens with one attached hydrogen (secondary N) is 1. The van der Waals surface area contributed by atoms with Gasteiger partial charge in [-0.1, -0.05) is 6.07 Å². The molecule has 1 heterocycles. The lowest BCUT2D eigenvalue weighted by atomic mass is 9.75. The fourth-order valence-corrected chi connectivity index (χ4v) is 2.30. The zero-order valence-corrected chi connectivity index (χ0v) is 14.4. The van der Waals surface area contributed by atoms with E-state index in [1.165, 1.54) is 14.0 Å². The lowest BCUT2D eigenvalue weighted by Crippen LogP contribution is -2.41. The Hall–Kier alpha value is -1.86. The molecule has 1 aromatic rings. The minimum Gasteiger partial charge on any atom is -0.465 e. The van der Waals surface area contributed by atoms with Gasteiger partial charge in [0.2, 0.25) is 5.91 Å². The van der Waals surface area contributed by atoms with Crippen molar-refractivity contribution in [1.82, 2.24) is 0 Å². The highest BCUT2D eigenvalue weighted by molar-refractivity contribution is 6.63. The number of carbonyl (C=O) groups excluding carboxylic acids is 2. The van der Waals surface area contributed by atoms with Crippen molar-refractivity contribution in [3.63, 3.8) is 0 Å². The van der Waals surface area contributed by atoms with Gasteiger partial charge in [0.05, 0.1) is 23.9 Å². The second-order valence-corrected chi connectivity index (χ2v) is 6.56. The van der Waals surface area contributed by atoms with E-state index in [0.717, 1.165) is 0 Å². The quantitative estimate of drug-likeness (QED) is 0.678. The Morgan fingerprint density at radius 2 is 1.70 bits per heavy atom. The van der Waals surface area contributed by atoms with Crippen molar-refractivity contribution in [3.8, 4) is 0 Å². The predicted molar refractivity (Wildman–Crippen MR) is 87.8 cm³/mol. The Kier molecular flexibility index (Phi) is 4.55. The largest absolute Gasteiger partial charge is 0.495 e. The van der Waals surface area contributed by atoms with E-state index < -0.39 is 24.3 Å². The van der Waals surface area contributed by atoms with Crippen molar-refractivity contribution >= 4 is 30.1 Å². The van der Waals surface area contributed by atoms with Crippen LogP contribution in [0.2, 0.25) is 0 Å². The Morgan fingerprint density at radius 3 is 2.17 bits per heavy atom. The maximum Gasteiger partial charge on any atom is 0.495 e. The molecule has 1 aromatic carbocycles. The van der Waals surface area contributed by atoms with Crippen LogP contribution in [0, 0.1) is 0 Å². The van der Waals surface area contributed by atoms with Crippen LogP contribution in [0.5, 0.6) is 0 Å². The molecule has 1 aliphatic rings. The Bertz CT molecular complexity index is 625. The molecule has 1 aliphatic heterocycles. The third-order valence-electron chi connectivity index (χ3n) is 4.29. The lowest BCUT2D eigenvalue weighted by Gasteiger charge is -2.32. The van der Waals surface area contributed by atoms with E-state index in [9.17, 15) is 9.59 Å². The normalized spacial score (nSPS) is 18.6. The number of benzene rings is 1. The first-order valence-electron chi connectivity index (χ1n) is 7.43. The zero-order chi connectivity index (χ0) is 17.4. The van der Waals surface area contributed by atoms with Crippen LogP contribution in [0.1, 0.15) is 45.0 Å². The van der Waals surface area contributed by atoms with Gasteiger partial charge in [-0.15, -0.1) is 0 Å². The fraction of sp³-hybridized carbons (Fsp3) is 0.500. The van der Waals surface area contributed by atoms with Gasteiger partial charge in [0.1, 0.15) is 0 Å². The molecule has 1 saturated heterocycles. The minimum atomic E-state index is -0.680. The minimum absolute atomic E-state index is 0.218. The highest BCUT2D eigenvalue weighted by atomic mass is 16.7. The molecule has 1 amide bonds. The number of amides is 1. The molecule has 0 aromatic heterocycles. The molecule has 0 saturated carbocycles. The summed E-state index contributed by atoms with van der Waals surface area (Å²) in [6.45, 7) is 9.17. The summed E-state index contributed by atoms with van der Waals surface area (Å²) in [6.07, 6.45) is 0. The van der Waals surface area contributed by atoms with Gasteiger partial charge in [-0.2, -0.15) is 0 Å². The van der Waals surface area contributed by atoms with Gasteiger partial charge in [-0.25, -0.2) is 4.79 Å². The molecule has 0 unspecified atom stereocenters. The first-order valence-corrected chi connectivity index (χ1v) is 7.43. The van der Waals surface area contributed by atoms with E-state index >= 15 is 0 Å². The standard InChI is InChI=1S/C16H22BNO5/c1-10(19)18-11-7-8-13(12(9-11)14(20)21-6)17-22-15(2,3)16(4,5)23-17/h7-9H,1-6H3,(H,18,19). The molecular weight excluding hydrogens is 297 g/mol. The van der Waals surface area contributed by atoms with Crippen LogP contribution in [0.25, 0.3) is 0 Å². The summed E-state index contributed by atoms with van der Waals surface area (Å²) in [5.74, 6) is -0.730. The highest BCUT2D eigenvalue weighted by Crippen LogP contribution is 2.36. The van der Waals surface area contributed by atoms with Crippen molar-refractivity contribution in [3.05, 3.63) is 23.8 Å². The molecule has 7 heteroatoms. The molecule has 124 valence electrons. The number of hydrogen-bond acceptors (Lipinski definition) is 5. The highest BCUT2D eigenvalue weighted by Gasteiger charge is 2.52. The Morgan fingerprint density at radius 1 is 1.13 bits per heavy atom. The molecule has 1 N–H and O–H groups in total. The molecule has 23 heavy (non-hydrogen) atoms. The SMILES string of the molecule is COC(=O)c1cc(NC(C)=O)ccc1B1OC(C)(C)C(C)(C)O1. The fourth-order valence-electron chi connectivity index (χ4n) is 2.30. The number of methoxy groups -OCH3 is 1. The number of carbonyl (C=O) groups is 2. The Balaban J connectivity index is 2.42. The van der Waals surface area contributed by atoms with Gasteiger partial charge < -0.3 is 19.4 Å². The van der Waals surface area contributed by atoms with Gasteiger partial charge >= 0.3 is 13.1 Å². The molecule has 0 aliphatic carbocycles. The van der Waals surface area contributed by atoms with Gasteiger partial charge in [0.25, 0.3) is 0 Å². The maximum atomic E-state index is 12.1. The number of anilines is 1. The van der Waals surface area contributed by atoms with Crippen LogP contribution in [-0.2, 0) is 18.8 Å². The number of hydrogen-bond donors (Lipinski definition) is 1. The molecule has 1 fully saturated rings. The molecule has 0 spiro atoms. The number of esters is 1. The van der Waals surface area contributed by atoms with Crippen LogP contribution < -0.4 is 10.8 Å². The van der Waals surface area contributed by atoms with E-state index in [1.807, 2.05) is 27.7 Å². The van der Waals surface area contributed by atoms with Gasteiger partial charge in [-0.05, 0) is 45.3 Å². The van der Waals surface area contributed by atoms with Crippen LogP contribution >= 0.6 is 0 Å². The van der Waals surface area contributed by atoms with Gasteiger partial charge in [0.15, 0.2) is 0 Å². The van der Waals surface area contributed by atoms with Crippen molar-refractivity contribution < 1.29 is 23.6 Å². The third kappa shape index (κ3) is 3.40. The van der Waals surface area contributed by atoms with E-state index in [0.29, 0.717) is 16.7 Å². The molecule has 6 nitrogen and oxygen atoms in total. The second kappa shape index (κ2) is 5.98. The van der Waals surface area contributed by atoms with Crippen molar-refractivity contribution in [2.75, 3.05) is 12.4 Å². The maximum absolute atomic E-state index is 12.1. The average Bonchev–Trinajstić information content (AvgIpc) is 2.65. The first kappa shape index (κ1) is 17.5. The summed E-state index contributed by atoms with van der Waals surface area (Å²) in [6, 6.07) is 4.97. The summed E-state index contributed by atoms with van der Waals surface area (Å²) in [5, 5.41) is 2.65. The van der Waals surface area contributed by atoms with Crippen molar-refractivity contribution in [2.45, 2.75) is 45.8 Å². The molecule has 0 atom stereocenters. The summed E-state index contributed by atoms with van der Waals surface area (Å²) >= 11 is 0. The number of rotatable bonds is 3. The molecular formula is C16H22BNO5. The van der Waals surface area contributed by atoms with Crippen LogP contribution in [0.3, 0.4) is 0 Å².